The van der Waals surface area contributed by atoms with Gasteiger partial charge >= 0.3 is 0 Å². The third-order valence-corrected chi connectivity index (χ3v) is 4.14. The third kappa shape index (κ3) is 4.70. The minimum atomic E-state index is 0.0147. The van der Waals surface area contributed by atoms with Crippen molar-refractivity contribution in [3.8, 4) is 0 Å². The van der Waals surface area contributed by atoms with Gasteiger partial charge in [0.05, 0.1) is 12.2 Å². The summed E-state index contributed by atoms with van der Waals surface area (Å²) < 4.78 is 1.78. The van der Waals surface area contributed by atoms with E-state index < -0.39 is 0 Å². The van der Waals surface area contributed by atoms with E-state index in [1.165, 1.54) is 5.57 Å². The molecule has 22 heavy (non-hydrogen) atoms. The second-order valence-electron chi connectivity index (χ2n) is 6.56. The molecule has 3 atom stereocenters. The van der Waals surface area contributed by atoms with Gasteiger partial charge in [-0.1, -0.05) is 11.6 Å². The normalized spacial score (nSPS) is 23.0. The maximum atomic E-state index is 11.8. The maximum Gasteiger partial charge on any atom is 0.220 e. The summed E-state index contributed by atoms with van der Waals surface area (Å²) in [5, 5.41) is 11.0. The maximum absolute atomic E-state index is 11.8. The first-order valence-electron chi connectivity index (χ1n) is 8.13. The molecule has 2 N–H and O–H groups in total. The molecule has 5 nitrogen and oxygen atoms in total. The van der Waals surface area contributed by atoms with Crippen LogP contribution >= 0.6 is 0 Å². The van der Waals surface area contributed by atoms with Crippen LogP contribution in [-0.4, -0.2) is 27.8 Å². The number of carbonyl (C=O) groups excluding carboxylic acids is 1. The number of aromatic nitrogens is 2. The number of nitrogens with zero attached hydrogens (tertiary/aromatic N) is 2. The van der Waals surface area contributed by atoms with E-state index >= 15 is 0 Å². The summed E-state index contributed by atoms with van der Waals surface area (Å²) in [5.74, 6) is 0.129. The van der Waals surface area contributed by atoms with Gasteiger partial charge in [-0.3, -0.25) is 9.48 Å². The smallest absolute Gasteiger partial charge is 0.220 e. The molecular weight excluding hydrogens is 276 g/mol. The quantitative estimate of drug-likeness (QED) is 0.794. The Morgan fingerprint density at radius 3 is 3.00 bits per heavy atom. The van der Waals surface area contributed by atoms with Crippen LogP contribution in [0.5, 0.6) is 0 Å². The van der Waals surface area contributed by atoms with Crippen molar-refractivity contribution in [3.05, 3.63) is 29.6 Å². The Bertz CT molecular complexity index is 531. The molecule has 1 saturated heterocycles. The van der Waals surface area contributed by atoms with Crippen LogP contribution in [0, 0.1) is 0 Å². The highest BCUT2D eigenvalue weighted by molar-refractivity contribution is 5.77. The molecule has 0 saturated carbocycles. The lowest BCUT2D eigenvalue weighted by Crippen LogP contribution is -2.50. The largest absolute Gasteiger partial charge is 0.348 e. The lowest BCUT2D eigenvalue weighted by atomic mass is 9.92. The van der Waals surface area contributed by atoms with Crippen LogP contribution in [0.2, 0.25) is 0 Å². The van der Waals surface area contributed by atoms with Crippen LogP contribution in [-0.2, 0) is 11.8 Å². The average Bonchev–Trinajstić information content (AvgIpc) is 2.87. The summed E-state index contributed by atoms with van der Waals surface area (Å²) in [6.45, 7) is 6.48. The van der Waals surface area contributed by atoms with Crippen molar-refractivity contribution in [2.24, 2.45) is 7.05 Å². The van der Waals surface area contributed by atoms with Crippen molar-refractivity contribution in [1.29, 1.82) is 0 Å². The van der Waals surface area contributed by atoms with E-state index in [1.54, 1.807) is 4.68 Å². The summed E-state index contributed by atoms with van der Waals surface area (Å²) in [6.07, 6.45) is 9.77. The number of nitrogens with one attached hydrogen (secondary N) is 2. The van der Waals surface area contributed by atoms with Gasteiger partial charge in [-0.05, 0) is 40.0 Å². The van der Waals surface area contributed by atoms with E-state index in [1.807, 2.05) is 19.4 Å². The van der Waals surface area contributed by atoms with Gasteiger partial charge in [0.15, 0.2) is 0 Å². The Balaban J connectivity index is 1.97. The molecule has 1 aromatic heterocycles. The van der Waals surface area contributed by atoms with Crippen molar-refractivity contribution in [2.45, 2.75) is 64.6 Å². The van der Waals surface area contributed by atoms with Gasteiger partial charge in [0.25, 0.3) is 0 Å². The summed E-state index contributed by atoms with van der Waals surface area (Å²) in [7, 11) is 1.90. The second kappa shape index (κ2) is 7.58. The van der Waals surface area contributed by atoms with Gasteiger partial charge in [0.1, 0.15) is 0 Å². The average molecular weight is 304 g/mol. The highest BCUT2D eigenvalue weighted by Crippen LogP contribution is 2.24. The minimum Gasteiger partial charge on any atom is -0.348 e. The fraction of sp³-hybridized carbons (Fsp3) is 0.647. The topological polar surface area (TPSA) is 59.0 Å². The first-order valence-corrected chi connectivity index (χ1v) is 8.13. The Morgan fingerprint density at radius 1 is 1.59 bits per heavy atom. The number of carbonyl (C=O) groups is 1. The molecular formula is C17H28N4O. The molecule has 1 aliphatic rings. The molecule has 5 heteroatoms. The molecule has 1 aliphatic heterocycles. The number of rotatable bonds is 6. The summed E-state index contributed by atoms with van der Waals surface area (Å²) in [4.78, 5) is 11.8. The molecule has 0 aliphatic carbocycles. The summed E-state index contributed by atoms with van der Waals surface area (Å²) >= 11 is 0. The second-order valence-corrected chi connectivity index (χ2v) is 6.56. The number of aryl methyl sites for hydroxylation is 1. The van der Waals surface area contributed by atoms with Crippen molar-refractivity contribution >= 4 is 5.91 Å². The van der Waals surface area contributed by atoms with Crippen molar-refractivity contribution < 1.29 is 4.79 Å². The van der Waals surface area contributed by atoms with Crippen LogP contribution in [0.3, 0.4) is 0 Å². The van der Waals surface area contributed by atoms with Gasteiger partial charge in [0, 0.05) is 37.3 Å². The predicted octanol–water partition coefficient (Wildman–Crippen LogP) is 2.46. The van der Waals surface area contributed by atoms with E-state index in [0.717, 1.165) is 24.8 Å². The van der Waals surface area contributed by atoms with E-state index in [4.69, 9.17) is 0 Å². The first-order chi connectivity index (χ1) is 10.5. The third-order valence-electron chi connectivity index (χ3n) is 4.14. The van der Waals surface area contributed by atoms with Crippen LogP contribution in [0.15, 0.2) is 24.0 Å². The van der Waals surface area contributed by atoms with E-state index in [0.29, 0.717) is 12.5 Å². The SMILES string of the molecule is CC(C)=CCC[C@@H](C)N[C@@H]1CCC(=O)N[C@H]1c1cnn(C)c1. The molecule has 0 unspecified atom stereocenters. The lowest BCUT2D eigenvalue weighted by molar-refractivity contribution is -0.124. The molecule has 2 rings (SSSR count). The zero-order chi connectivity index (χ0) is 16.1. The van der Waals surface area contributed by atoms with Crippen molar-refractivity contribution in [3.63, 3.8) is 0 Å². The Kier molecular flexibility index (Phi) is 5.77. The van der Waals surface area contributed by atoms with E-state index in [2.05, 4.69) is 42.6 Å². The Morgan fingerprint density at radius 2 is 2.36 bits per heavy atom. The van der Waals surface area contributed by atoms with Crippen molar-refractivity contribution in [2.75, 3.05) is 0 Å². The fourth-order valence-electron chi connectivity index (χ4n) is 2.97. The standard InChI is InChI=1S/C17H28N4O/c1-12(2)6-5-7-13(3)19-15-8-9-16(22)20-17(15)14-10-18-21(4)11-14/h6,10-11,13,15,17,19H,5,7-9H2,1-4H3,(H,20,22)/t13-,15-,17+/m1/s1. The molecule has 0 radical (unpaired) electrons. The number of hydrogen-bond acceptors (Lipinski definition) is 3. The number of piperidine rings is 1. The van der Waals surface area contributed by atoms with Gasteiger partial charge in [-0.15, -0.1) is 0 Å². The molecule has 1 fully saturated rings. The monoisotopic (exact) mass is 304 g/mol. The highest BCUT2D eigenvalue weighted by Gasteiger charge is 2.31. The van der Waals surface area contributed by atoms with Gasteiger partial charge in [-0.2, -0.15) is 5.10 Å². The zero-order valence-electron chi connectivity index (χ0n) is 14.1. The van der Waals surface area contributed by atoms with Crippen LogP contribution in [0.1, 0.15) is 58.1 Å². The number of hydrogen-bond donors (Lipinski definition) is 2. The molecule has 1 amide bonds. The Hall–Kier alpha value is -1.62. The van der Waals surface area contributed by atoms with Crippen LogP contribution in [0.4, 0.5) is 0 Å². The summed E-state index contributed by atoms with van der Waals surface area (Å²) in [5.41, 5.74) is 2.44. The van der Waals surface area contributed by atoms with Gasteiger partial charge < -0.3 is 10.6 Å². The molecule has 1 aromatic rings. The summed E-state index contributed by atoms with van der Waals surface area (Å²) in [6, 6.07) is 0.708. The van der Waals surface area contributed by atoms with E-state index in [-0.39, 0.29) is 18.0 Å². The number of amides is 1. The molecule has 0 aromatic carbocycles. The molecule has 2 heterocycles. The molecule has 122 valence electrons. The lowest BCUT2D eigenvalue weighted by Gasteiger charge is -2.34. The highest BCUT2D eigenvalue weighted by atomic mass is 16.1. The van der Waals surface area contributed by atoms with Crippen LogP contribution in [0.25, 0.3) is 0 Å². The van der Waals surface area contributed by atoms with Gasteiger partial charge in [0.2, 0.25) is 5.91 Å². The molecule has 0 bridgehead atoms. The predicted molar refractivity (Wildman–Crippen MR) is 88.4 cm³/mol. The van der Waals surface area contributed by atoms with Gasteiger partial charge in [-0.25, -0.2) is 0 Å². The Labute approximate surface area is 133 Å². The first kappa shape index (κ1) is 16.7. The number of allylic oxidation sites excluding steroid dienone is 2. The molecule has 0 spiro atoms. The zero-order valence-corrected chi connectivity index (χ0v) is 14.1. The van der Waals surface area contributed by atoms with Crippen LogP contribution < -0.4 is 10.6 Å². The van der Waals surface area contributed by atoms with Crippen molar-refractivity contribution in [1.82, 2.24) is 20.4 Å². The fourth-order valence-corrected chi connectivity index (χ4v) is 2.97. The van der Waals surface area contributed by atoms with E-state index in [9.17, 15) is 4.79 Å². The minimum absolute atomic E-state index is 0.0147.